The van der Waals surface area contributed by atoms with Crippen LogP contribution in [0.15, 0.2) is 18.2 Å². The van der Waals surface area contributed by atoms with Crippen molar-refractivity contribution in [2.75, 3.05) is 0 Å². The van der Waals surface area contributed by atoms with Crippen LogP contribution < -0.4 is 0 Å². The summed E-state index contributed by atoms with van der Waals surface area (Å²) >= 11 is 0. The zero-order chi connectivity index (χ0) is 15.1. The van der Waals surface area contributed by atoms with Crippen LogP contribution in [0.5, 0.6) is 0 Å². The fourth-order valence-electron chi connectivity index (χ4n) is 3.08. The molecule has 1 aliphatic carbocycles. The van der Waals surface area contributed by atoms with Crippen LogP contribution in [-0.2, 0) is 16.0 Å². The van der Waals surface area contributed by atoms with E-state index in [0.717, 1.165) is 10.5 Å². The number of amides is 2. The summed E-state index contributed by atoms with van der Waals surface area (Å²) in [7, 11) is 0. The third-order valence-electron chi connectivity index (χ3n) is 4.16. The maximum absolute atomic E-state index is 12.6. The standard InChI is InChI=1S/C16H15NO4/c1-2-9-4-3-5-11-14(9)16(21)17(15(11)20)12-7-6-10(18)8-13(12)19/h3-5,12H,2,6-8H2,1H3. The van der Waals surface area contributed by atoms with Gasteiger partial charge in [-0.05, 0) is 24.5 Å². The molecular formula is C16H15NO4. The maximum Gasteiger partial charge on any atom is 0.262 e. The van der Waals surface area contributed by atoms with Gasteiger partial charge in [0.2, 0.25) is 0 Å². The van der Waals surface area contributed by atoms with E-state index in [4.69, 9.17) is 0 Å². The number of carbonyl (C=O) groups is 4. The Labute approximate surface area is 121 Å². The highest BCUT2D eigenvalue weighted by Gasteiger charge is 2.44. The van der Waals surface area contributed by atoms with Crippen LogP contribution in [0, 0.1) is 0 Å². The number of carbonyl (C=O) groups excluding carboxylic acids is 4. The highest BCUT2D eigenvalue weighted by molar-refractivity contribution is 6.24. The van der Waals surface area contributed by atoms with E-state index in [9.17, 15) is 19.2 Å². The molecule has 1 aromatic rings. The molecule has 2 amide bonds. The number of benzene rings is 1. The first-order valence-corrected chi connectivity index (χ1v) is 7.08. The number of aryl methyl sites for hydroxylation is 1. The van der Waals surface area contributed by atoms with E-state index in [1.54, 1.807) is 12.1 Å². The summed E-state index contributed by atoms with van der Waals surface area (Å²) in [6, 6.07) is 4.39. The van der Waals surface area contributed by atoms with Gasteiger partial charge < -0.3 is 0 Å². The van der Waals surface area contributed by atoms with Crippen LogP contribution >= 0.6 is 0 Å². The molecule has 0 radical (unpaired) electrons. The van der Waals surface area contributed by atoms with Gasteiger partial charge in [-0.2, -0.15) is 0 Å². The van der Waals surface area contributed by atoms with Crippen molar-refractivity contribution in [2.24, 2.45) is 0 Å². The van der Waals surface area contributed by atoms with Gasteiger partial charge >= 0.3 is 0 Å². The van der Waals surface area contributed by atoms with Crippen LogP contribution in [0.25, 0.3) is 0 Å². The normalized spacial score (nSPS) is 22.0. The molecule has 1 fully saturated rings. The lowest BCUT2D eigenvalue weighted by atomic mass is 9.92. The quantitative estimate of drug-likeness (QED) is 0.610. The van der Waals surface area contributed by atoms with E-state index >= 15 is 0 Å². The first-order valence-electron chi connectivity index (χ1n) is 7.08. The minimum Gasteiger partial charge on any atom is -0.299 e. The smallest absolute Gasteiger partial charge is 0.262 e. The van der Waals surface area contributed by atoms with E-state index in [1.165, 1.54) is 0 Å². The highest BCUT2D eigenvalue weighted by Crippen LogP contribution is 2.31. The SMILES string of the molecule is CCc1cccc2c1C(=O)N(C1CCC(=O)CC1=O)C2=O. The van der Waals surface area contributed by atoms with E-state index < -0.39 is 17.9 Å². The van der Waals surface area contributed by atoms with Crippen molar-refractivity contribution in [3.8, 4) is 0 Å². The van der Waals surface area contributed by atoms with Gasteiger partial charge in [0, 0.05) is 6.42 Å². The zero-order valence-corrected chi connectivity index (χ0v) is 11.7. The lowest BCUT2D eigenvalue weighted by Gasteiger charge is -2.27. The average Bonchev–Trinajstić information content (AvgIpc) is 2.72. The molecule has 1 atom stereocenters. The molecule has 1 heterocycles. The minimum absolute atomic E-state index is 0.123. The Bertz CT molecular complexity index is 677. The van der Waals surface area contributed by atoms with Gasteiger partial charge in [-0.1, -0.05) is 19.1 Å². The van der Waals surface area contributed by atoms with Crippen molar-refractivity contribution in [2.45, 2.75) is 38.6 Å². The molecule has 21 heavy (non-hydrogen) atoms. The molecule has 108 valence electrons. The lowest BCUT2D eigenvalue weighted by molar-refractivity contribution is -0.132. The predicted octanol–water partition coefficient (Wildman–Crippen LogP) is 1.54. The molecule has 0 bridgehead atoms. The Balaban J connectivity index is 2.00. The molecule has 3 rings (SSSR count). The van der Waals surface area contributed by atoms with Gasteiger partial charge in [0.1, 0.15) is 5.78 Å². The van der Waals surface area contributed by atoms with E-state index in [1.807, 2.05) is 13.0 Å². The molecule has 0 aromatic heterocycles. The Morgan fingerprint density at radius 1 is 1.14 bits per heavy atom. The van der Waals surface area contributed by atoms with Crippen molar-refractivity contribution in [3.05, 3.63) is 34.9 Å². The van der Waals surface area contributed by atoms with Crippen molar-refractivity contribution in [1.29, 1.82) is 0 Å². The molecule has 1 unspecified atom stereocenters. The molecule has 0 N–H and O–H groups in total. The summed E-state index contributed by atoms with van der Waals surface area (Å²) in [5, 5.41) is 0. The molecule has 0 spiro atoms. The van der Waals surface area contributed by atoms with Crippen molar-refractivity contribution in [1.82, 2.24) is 4.90 Å². The van der Waals surface area contributed by atoms with Crippen LogP contribution in [0.2, 0.25) is 0 Å². The number of fused-ring (bicyclic) bond motifs is 1. The van der Waals surface area contributed by atoms with Crippen molar-refractivity contribution >= 4 is 23.4 Å². The lowest BCUT2D eigenvalue weighted by Crippen LogP contribution is -2.47. The first-order chi connectivity index (χ1) is 10.0. The summed E-state index contributed by atoms with van der Waals surface area (Å²) in [6.07, 6.45) is 0.945. The molecule has 1 saturated carbocycles. The highest BCUT2D eigenvalue weighted by atomic mass is 16.2. The second-order valence-electron chi connectivity index (χ2n) is 5.41. The molecule has 2 aliphatic rings. The first kappa shape index (κ1) is 13.7. The third kappa shape index (κ3) is 2.00. The van der Waals surface area contributed by atoms with Gasteiger partial charge in [-0.25, -0.2) is 0 Å². The summed E-state index contributed by atoms with van der Waals surface area (Å²) in [6.45, 7) is 1.92. The molecule has 1 aromatic carbocycles. The van der Waals surface area contributed by atoms with E-state index in [-0.39, 0.29) is 30.8 Å². The fourth-order valence-corrected chi connectivity index (χ4v) is 3.08. The topological polar surface area (TPSA) is 71.5 Å². The van der Waals surface area contributed by atoms with E-state index in [0.29, 0.717) is 17.5 Å². The van der Waals surface area contributed by atoms with Gasteiger partial charge in [0.15, 0.2) is 5.78 Å². The second-order valence-corrected chi connectivity index (χ2v) is 5.41. The molecule has 0 saturated heterocycles. The average molecular weight is 285 g/mol. The van der Waals surface area contributed by atoms with Crippen LogP contribution in [0.3, 0.4) is 0 Å². The number of Topliss-reactive ketones (excluding diaryl/α,β-unsaturated/α-hetero) is 2. The van der Waals surface area contributed by atoms with Gasteiger partial charge in [0.25, 0.3) is 11.8 Å². The Hall–Kier alpha value is -2.30. The molecule has 1 aliphatic heterocycles. The number of hydrogen-bond acceptors (Lipinski definition) is 4. The van der Waals surface area contributed by atoms with Crippen LogP contribution in [0.4, 0.5) is 0 Å². The predicted molar refractivity (Wildman–Crippen MR) is 74.0 cm³/mol. The molecule has 5 heteroatoms. The molecule has 5 nitrogen and oxygen atoms in total. The van der Waals surface area contributed by atoms with Crippen LogP contribution in [-0.4, -0.2) is 34.3 Å². The maximum atomic E-state index is 12.6. The third-order valence-corrected chi connectivity index (χ3v) is 4.16. The van der Waals surface area contributed by atoms with Crippen molar-refractivity contribution in [3.63, 3.8) is 0 Å². The monoisotopic (exact) mass is 285 g/mol. The zero-order valence-electron chi connectivity index (χ0n) is 11.7. The summed E-state index contributed by atoms with van der Waals surface area (Å²) in [5.41, 5.74) is 1.59. The fraction of sp³-hybridized carbons (Fsp3) is 0.375. The van der Waals surface area contributed by atoms with Gasteiger partial charge in [-0.15, -0.1) is 0 Å². The number of hydrogen-bond donors (Lipinski definition) is 0. The molecular weight excluding hydrogens is 270 g/mol. The summed E-state index contributed by atoms with van der Waals surface area (Å²) in [4.78, 5) is 49.4. The number of ketones is 2. The minimum atomic E-state index is -0.792. The van der Waals surface area contributed by atoms with Gasteiger partial charge in [-0.3, -0.25) is 24.1 Å². The second kappa shape index (κ2) is 4.91. The Morgan fingerprint density at radius 2 is 1.90 bits per heavy atom. The summed E-state index contributed by atoms with van der Waals surface area (Å²) < 4.78 is 0. The van der Waals surface area contributed by atoms with Crippen molar-refractivity contribution < 1.29 is 19.2 Å². The van der Waals surface area contributed by atoms with Gasteiger partial charge in [0.05, 0.1) is 23.6 Å². The Kier molecular flexibility index (Phi) is 3.20. The van der Waals surface area contributed by atoms with Crippen LogP contribution in [0.1, 0.15) is 52.5 Å². The number of nitrogens with zero attached hydrogens (tertiary/aromatic N) is 1. The number of rotatable bonds is 2. The van der Waals surface area contributed by atoms with E-state index in [2.05, 4.69) is 0 Å². The Morgan fingerprint density at radius 3 is 2.57 bits per heavy atom. The summed E-state index contributed by atoms with van der Waals surface area (Å²) in [5.74, 6) is -1.28. The largest absolute Gasteiger partial charge is 0.299 e. The number of imide groups is 1.